The first-order valence-electron chi connectivity index (χ1n) is 7.42. The van der Waals surface area contributed by atoms with Crippen molar-refractivity contribution in [3.8, 4) is 6.07 Å². The van der Waals surface area contributed by atoms with E-state index in [0.717, 1.165) is 10.7 Å². The summed E-state index contributed by atoms with van der Waals surface area (Å²) in [7, 11) is -2.43. The number of ether oxygens (including phenoxy) is 2. The van der Waals surface area contributed by atoms with Crippen molar-refractivity contribution < 1.29 is 22.7 Å². The molecule has 8 heteroatoms. The number of hydrogen-bond donors (Lipinski definition) is 0. The smallest absolute Gasteiger partial charge is 0.321 e. The van der Waals surface area contributed by atoms with E-state index in [2.05, 4.69) is 10.8 Å². The number of sulfonamides is 1. The lowest BCUT2D eigenvalue weighted by atomic mass is 9.81. The molecule has 0 amide bonds. The maximum Gasteiger partial charge on any atom is 0.321 e. The first kappa shape index (κ1) is 18.9. The summed E-state index contributed by atoms with van der Waals surface area (Å²) in [6, 6.07) is 1.79. The summed E-state index contributed by atoms with van der Waals surface area (Å²) in [5, 5.41) is 9.06. The fourth-order valence-electron chi connectivity index (χ4n) is 2.17. The molecule has 0 aromatic heterocycles. The summed E-state index contributed by atoms with van der Waals surface area (Å²) in [5.74, 6) is -0.852. The Kier molecular flexibility index (Phi) is 6.78. The highest BCUT2D eigenvalue weighted by Crippen LogP contribution is 2.34. The van der Waals surface area contributed by atoms with Gasteiger partial charge in [-0.2, -0.15) is 9.57 Å². The van der Waals surface area contributed by atoms with Crippen molar-refractivity contribution in [3.63, 3.8) is 0 Å². The van der Waals surface area contributed by atoms with E-state index >= 15 is 0 Å². The summed E-state index contributed by atoms with van der Waals surface area (Å²) < 4.78 is 36.0. The zero-order chi connectivity index (χ0) is 16.8. The first-order chi connectivity index (χ1) is 10.3. The van der Waals surface area contributed by atoms with Gasteiger partial charge in [0, 0.05) is 6.04 Å². The van der Waals surface area contributed by atoms with Crippen LogP contribution in [0.2, 0.25) is 0 Å². The summed E-state index contributed by atoms with van der Waals surface area (Å²) in [6.07, 6.45) is 2.78. The molecule has 22 heavy (non-hydrogen) atoms. The van der Waals surface area contributed by atoms with E-state index in [1.165, 1.54) is 7.11 Å². The van der Waals surface area contributed by atoms with E-state index in [1.807, 2.05) is 6.92 Å². The van der Waals surface area contributed by atoms with Crippen molar-refractivity contribution in [1.82, 2.24) is 4.31 Å². The molecule has 0 aromatic carbocycles. The zero-order valence-electron chi connectivity index (χ0n) is 13.4. The van der Waals surface area contributed by atoms with Gasteiger partial charge in [0.2, 0.25) is 10.0 Å². The SMILES string of the molecule is CCC(C)N(CC(=O)OC)S(=O)(=O)CCOC1(C#N)CCC1. The van der Waals surface area contributed by atoms with Gasteiger partial charge in [-0.25, -0.2) is 8.42 Å². The molecule has 0 aliphatic heterocycles. The van der Waals surface area contributed by atoms with Gasteiger partial charge in [-0.15, -0.1) is 0 Å². The highest BCUT2D eigenvalue weighted by Gasteiger charge is 2.39. The Labute approximate surface area is 132 Å². The van der Waals surface area contributed by atoms with E-state index in [-0.39, 0.29) is 24.9 Å². The highest BCUT2D eigenvalue weighted by atomic mass is 32.2. The second-order valence-electron chi connectivity index (χ2n) is 5.50. The number of esters is 1. The van der Waals surface area contributed by atoms with Crippen molar-refractivity contribution in [3.05, 3.63) is 0 Å². The largest absolute Gasteiger partial charge is 0.468 e. The summed E-state index contributed by atoms with van der Waals surface area (Å²) in [4.78, 5) is 11.4. The molecule has 1 aliphatic carbocycles. The van der Waals surface area contributed by atoms with Crippen LogP contribution in [0.5, 0.6) is 0 Å². The molecule has 0 aromatic rings. The molecule has 0 spiro atoms. The highest BCUT2D eigenvalue weighted by molar-refractivity contribution is 7.89. The molecule has 1 fully saturated rings. The molecule has 7 nitrogen and oxygen atoms in total. The average molecular weight is 332 g/mol. The van der Waals surface area contributed by atoms with Gasteiger partial charge in [0.05, 0.1) is 25.5 Å². The van der Waals surface area contributed by atoms with Gasteiger partial charge >= 0.3 is 5.97 Å². The fourth-order valence-corrected chi connectivity index (χ4v) is 3.70. The second kappa shape index (κ2) is 7.90. The molecule has 0 N–H and O–H groups in total. The molecule has 1 aliphatic rings. The number of carbonyl (C=O) groups excluding carboxylic acids is 1. The van der Waals surface area contributed by atoms with E-state index in [9.17, 15) is 13.2 Å². The summed E-state index contributed by atoms with van der Waals surface area (Å²) in [6.45, 7) is 3.23. The Morgan fingerprint density at radius 3 is 2.50 bits per heavy atom. The molecule has 1 unspecified atom stereocenters. The lowest BCUT2D eigenvalue weighted by Gasteiger charge is -2.35. The van der Waals surface area contributed by atoms with Crippen LogP contribution in [-0.4, -0.2) is 56.3 Å². The minimum Gasteiger partial charge on any atom is -0.468 e. The van der Waals surface area contributed by atoms with Crippen LogP contribution in [0.3, 0.4) is 0 Å². The maximum absolute atomic E-state index is 12.4. The minimum absolute atomic E-state index is 0.0516. The molecule has 126 valence electrons. The third-order valence-electron chi connectivity index (χ3n) is 4.04. The lowest BCUT2D eigenvalue weighted by molar-refractivity contribution is -0.141. The Morgan fingerprint density at radius 2 is 2.09 bits per heavy atom. The van der Waals surface area contributed by atoms with Crippen LogP contribution in [-0.2, 0) is 24.3 Å². The molecule has 1 atom stereocenters. The Hall–Kier alpha value is -1.17. The molecule has 1 saturated carbocycles. The van der Waals surface area contributed by atoms with Crippen molar-refractivity contribution in [2.75, 3.05) is 26.0 Å². The van der Waals surface area contributed by atoms with Crippen LogP contribution < -0.4 is 0 Å². The average Bonchev–Trinajstić information content (AvgIpc) is 2.46. The second-order valence-corrected chi connectivity index (χ2v) is 7.54. The molecular weight excluding hydrogens is 308 g/mol. The summed E-state index contributed by atoms with van der Waals surface area (Å²) >= 11 is 0. The summed E-state index contributed by atoms with van der Waals surface area (Å²) in [5.41, 5.74) is -0.820. The predicted octanol–water partition coefficient (Wildman–Crippen LogP) is 1.05. The molecule has 0 saturated heterocycles. The Balaban J connectivity index is 2.67. The van der Waals surface area contributed by atoms with Gasteiger partial charge in [0.25, 0.3) is 0 Å². The van der Waals surface area contributed by atoms with Crippen molar-refractivity contribution in [2.45, 2.75) is 51.2 Å². The van der Waals surface area contributed by atoms with Gasteiger partial charge in [0.1, 0.15) is 6.54 Å². The van der Waals surface area contributed by atoms with Crippen LogP contribution in [0.15, 0.2) is 0 Å². The number of hydrogen-bond acceptors (Lipinski definition) is 6. The van der Waals surface area contributed by atoms with Crippen LogP contribution in [0.4, 0.5) is 0 Å². The lowest BCUT2D eigenvalue weighted by Crippen LogP contribution is -2.45. The molecule has 0 radical (unpaired) electrons. The third kappa shape index (κ3) is 4.66. The topological polar surface area (TPSA) is 96.7 Å². The maximum atomic E-state index is 12.4. The number of nitriles is 1. The van der Waals surface area contributed by atoms with E-state index in [0.29, 0.717) is 19.3 Å². The Bertz CT molecular complexity index is 522. The zero-order valence-corrected chi connectivity index (χ0v) is 14.2. The van der Waals surface area contributed by atoms with Gasteiger partial charge in [-0.3, -0.25) is 4.79 Å². The van der Waals surface area contributed by atoms with Crippen LogP contribution in [0, 0.1) is 11.3 Å². The van der Waals surface area contributed by atoms with Crippen molar-refractivity contribution in [1.29, 1.82) is 5.26 Å². The standard InChI is InChI=1S/C14H24N2O5S/c1-4-12(2)16(10-13(17)20-3)22(18,19)9-8-21-14(11-15)6-5-7-14/h12H,4-10H2,1-3H3. The minimum atomic E-state index is -3.66. The molecular formula is C14H24N2O5S. The van der Waals surface area contributed by atoms with E-state index < -0.39 is 21.6 Å². The van der Waals surface area contributed by atoms with E-state index in [4.69, 9.17) is 10.00 Å². The predicted molar refractivity (Wildman–Crippen MR) is 80.4 cm³/mol. The van der Waals surface area contributed by atoms with Crippen LogP contribution in [0.25, 0.3) is 0 Å². The van der Waals surface area contributed by atoms with Crippen molar-refractivity contribution in [2.24, 2.45) is 0 Å². The first-order valence-corrected chi connectivity index (χ1v) is 9.02. The molecule has 0 bridgehead atoms. The van der Waals surface area contributed by atoms with Gasteiger partial charge < -0.3 is 9.47 Å². The molecule has 0 heterocycles. The number of carbonyl (C=O) groups is 1. The number of methoxy groups -OCH3 is 1. The third-order valence-corrected chi connectivity index (χ3v) is 5.92. The fraction of sp³-hybridized carbons (Fsp3) is 0.857. The van der Waals surface area contributed by atoms with Crippen LogP contribution >= 0.6 is 0 Å². The van der Waals surface area contributed by atoms with Gasteiger partial charge in [-0.05, 0) is 32.6 Å². The monoisotopic (exact) mass is 332 g/mol. The van der Waals surface area contributed by atoms with Gasteiger partial charge in [-0.1, -0.05) is 6.92 Å². The Morgan fingerprint density at radius 1 is 1.45 bits per heavy atom. The van der Waals surface area contributed by atoms with Gasteiger partial charge in [0.15, 0.2) is 5.60 Å². The normalized spacial score (nSPS) is 18.3. The quantitative estimate of drug-likeness (QED) is 0.586. The van der Waals surface area contributed by atoms with E-state index in [1.54, 1.807) is 6.92 Å². The van der Waals surface area contributed by atoms with Crippen LogP contribution in [0.1, 0.15) is 39.5 Å². The number of nitrogens with zero attached hydrogens (tertiary/aromatic N) is 2. The molecule has 1 rings (SSSR count). The van der Waals surface area contributed by atoms with Crippen molar-refractivity contribution >= 4 is 16.0 Å². The number of rotatable bonds is 9.